The van der Waals surface area contributed by atoms with E-state index in [1.807, 2.05) is 48.9 Å². The molecule has 0 spiro atoms. The number of aromatic nitrogens is 2. The van der Waals surface area contributed by atoms with Crippen molar-refractivity contribution in [2.45, 2.75) is 32.9 Å². The number of hydrogen-bond acceptors (Lipinski definition) is 5. The monoisotopic (exact) mass is 439 g/mol. The van der Waals surface area contributed by atoms with Crippen LogP contribution in [0.2, 0.25) is 0 Å². The lowest BCUT2D eigenvalue weighted by molar-refractivity contribution is -0.128. The molecule has 1 fully saturated rings. The molecule has 1 amide bonds. The van der Waals surface area contributed by atoms with Crippen LogP contribution in [0, 0.1) is 13.8 Å². The van der Waals surface area contributed by atoms with Crippen molar-refractivity contribution in [3.8, 4) is 5.69 Å². The summed E-state index contributed by atoms with van der Waals surface area (Å²) in [6.45, 7) is 4.10. The first-order valence-corrected chi connectivity index (χ1v) is 12.0. The maximum Gasteiger partial charge on any atom is 0.247 e. The molecule has 0 aliphatic carbocycles. The highest BCUT2D eigenvalue weighted by Gasteiger charge is 2.34. The first-order chi connectivity index (χ1) is 14.8. The zero-order valence-corrected chi connectivity index (χ0v) is 18.4. The standard InChI is InChI=1S/C23H25N3O4S/c1-17-22(18(2)26(24-17)19-7-4-3-5-8-19)10-11-23(27)25(15-21-9-6-13-30-21)20-12-14-31(28,29)16-20/h3-11,13,20H,12,14-16H2,1-2H3. The van der Waals surface area contributed by atoms with E-state index in [4.69, 9.17) is 4.42 Å². The van der Waals surface area contributed by atoms with Crippen LogP contribution in [0.5, 0.6) is 0 Å². The van der Waals surface area contributed by atoms with E-state index in [0.717, 1.165) is 22.6 Å². The zero-order valence-electron chi connectivity index (χ0n) is 17.6. The summed E-state index contributed by atoms with van der Waals surface area (Å²) in [6, 6.07) is 13.0. The Labute approximate surface area is 181 Å². The molecule has 0 bridgehead atoms. The summed E-state index contributed by atoms with van der Waals surface area (Å²) in [5.41, 5.74) is 3.55. The number of aryl methyl sites for hydroxylation is 1. The summed E-state index contributed by atoms with van der Waals surface area (Å²) < 4.78 is 31.2. The molecule has 1 unspecified atom stereocenters. The predicted octanol–water partition coefficient (Wildman–Crippen LogP) is 3.31. The molecule has 0 radical (unpaired) electrons. The highest BCUT2D eigenvalue weighted by molar-refractivity contribution is 7.91. The Kier molecular flexibility index (Phi) is 5.82. The van der Waals surface area contributed by atoms with Crippen LogP contribution in [0.1, 0.15) is 29.1 Å². The summed E-state index contributed by atoms with van der Waals surface area (Å²) in [5.74, 6) is 0.461. The molecule has 8 heteroatoms. The highest BCUT2D eigenvalue weighted by atomic mass is 32.2. The van der Waals surface area contributed by atoms with E-state index in [9.17, 15) is 13.2 Å². The van der Waals surface area contributed by atoms with Gasteiger partial charge in [-0.15, -0.1) is 0 Å². The molecule has 0 saturated carbocycles. The summed E-state index contributed by atoms with van der Waals surface area (Å²) >= 11 is 0. The lowest BCUT2D eigenvalue weighted by Crippen LogP contribution is -2.39. The van der Waals surface area contributed by atoms with Gasteiger partial charge in [-0.3, -0.25) is 4.79 Å². The SMILES string of the molecule is Cc1nn(-c2ccccc2)c(C)c1C=CC(=O)N(Cc1ccco1)C1CCS(=O)(=O)C1. The molecule has 31 heavy (non-hydrogen) atoms. The molecule has 1 aromatic carbocycles. The molecular formula is C23H25N3O4S. The number of benzene rings is 1. The number of furan rings is 1. The van der Waals surface area contributed by atoms with E-state index in [0.29, 0.717) is 12.2 Å². The maximum atomic E-state index is 13.1. The van der Waals surface area contributed by atoms with Crippen LogP contribution in [0.25, 0.3) is 11.8 Å². The van der Waals surface area contributed by atoms with E-state index in [1.165, 1.54) is 6.08 Å². The van der Waals surface area contributed by atoms with Gasteiger partial charge in [-0.05, 0) is 50.6 Å². The van der Waals surface area contributed by atoms with Crippen molar-refractivity contribution in [3.63, 3.8) is 0 Å². The van der Waals surface area contributed by atoms with Crippen LogP contribution in [0.15, 0.2) is 59.2 Å². The van der Waals surface area contributed by atoms with E-state index in [1.54, 1.807) is 29.4 Å². The van der Waals surface area contributed by atoms with Crippen molar-refractivity contribution < 1.29 is 17.6 Å². The van der Waals surface area contributed by atoms with E-state index < -0.39 is 9.84 Å². The number of carbonyl (C=O) groups is 1. The number of rotatable bonds is 6. The summed E-state index contributed by atoms with van der Waals surface area (Å²) in [4.78, 5) is 14.7. The third-order valence-electron chi connectivity index (χ3n) is 5.58. The Balaban J connectivity index is 1.59. The van der Waals surface area contributed by atoms with Gasteiger partial charge in [-0.2, -0.15) is 5.10 Å². The van der Waals surface area contributed by atoms with Gasteiger partial charge in [0.15, 0.2) is 9.84 Å². The number of nitrogens with zero attached hydrogens (tertiary/aromatic N) is 3. The summed E-state index contributed by atoms with van der Waals surface area (Å²) in [7, 11) is -3.12. The predicted molar refractivity (Wildman–Crippen MR) is 118 cm³/mol. The van der Waals surface area contributed by atoms with Crippen molar-refractivity contribution in [2.75, 3.05) is 11.5 Å². The number of carbonyl (C=O) groups excluding carboxylic acids is 1. The Bertz CT molecular complexity index is 1200. The van der Waals surface area contributed by atoms with E-state index in [-0.39, 0.29) is 30.0 Å². The van der Waals surface area contributed by atoms with Gasteiger partial charge in [0.05, 0.1) is 35.7 Å². The molecule has 1 aliphatic heterocycles. The Morgan fingerprint density at radius 3 is 2.65 bits per heavy atom. The lowest BCUT2D eigenvalue weighted by atomic mass is 10.1. The smallest absolute Gasteiger partial charge is 0.247 e. The first-order valence-electron chi connectivity index (χ1n) is 10.2. The second-order valence-electron chi connectivity index (χ2n) is 7.77. The summed E-state index contributed by atoms with van der Waals surface area (Å²) in [6.07, 6.45) is 5.24. The maximum absolute atomic E-state index is 13.1. The summed E-state index contributed by atoms with van der Waals surface area (Å²) in [5, 5.41) is 4.61. The molecule has 0 N–H and O–H groups in total. The van der Waals surface area contributed by atoms with Gasteiger partial charge < -0.3 is 9.32 Å². The lowest BCUT2D eigenvalue weighted by Gasteiger charge is -2.26. The second-order valence-corrected chi connectivity index (χ2v) is 10.00. The fraction of sp³-hybridized carbons (Fsp3) is 0.304. The number of hydrogen-bond donors (Lipinski definition) is 0. The molecule has 162 valence electrons. The van der Waals surface area contributed by atoms with Gasteiger partial charge in [-0.1, -0.05) is 18.2 Å². The molecule has 2 aromatic heterocycles. The van der Waals surface area contributed by atoms with Gasteiger partial charge in [0.1, 0.15) is 5.76 Å². The average Bonchev–Trinajstić information content (AvgIpc) is 3.45. The fourth-order valence-electron chi connectivity index (χ4n) is 3.95. The molecule has 1 atom stereocenters. The normalized spacial score (nSPS) is 17.9. The average molecular weight is 440 g/mol. The van der Waals surface area contributed by atoms with Crippen molar-refractivity contribution in [3.05, 3.63) is 77.5 Å². The number of para-hydroxylation sites is 1. The minimum atomic E-state index is -3.12. The van der Waals surface area contributed by atoms with Gasteiger partial charge in [0, 0.05) is 23.4 Å². The van der Waals surface area contributed by atoms with E-state index in [2.05, 4.69) is 5.10 Å². The van der Waals surface area contributed by atoms with Crippen LogP contribution in [0.3, 0.4) is 0 Å². The largest absolute Gasteiger partial charge is 0.467 e. The van der Waals surface area contributed by atoms with Crippen LogP contribution in [-0.4, -0.2) is 46.6 Å². The van der Waals surface area contributed by atoms with Crippen LogP contribution < -0.4 is 0 Å². The van der Waals surface area contributed by atoms with Gasteiger partial charge in [0.2, 0.25) is 5.91 Å². The second kappa shape index (κ2) is 8.55. The fourth-order valence-corrected chi connectivity index (χ4v) is 5.68. The Hall–Kier alpha value is -3.13. The minimum Gasteiger partial charge on any atom is -0.467 e. The zero-order chi connectivity index (χ0) is 22.0. The highest BCUT2D eigenvalue weighted by Crippen LogP contribution is 2.23. The van der Waals surface area contributed by atoms with Crippen molar-refractivity contribution in [1.82, 2.24) is 14.7 Å². The van der Waals surface area contributed by atoms with E-state index >= 15 is 0 Å². The Morgan fingerprint density at radius 1 is 1.23 bits per heavy atom. The Morgan fingerprint density at radius 2 is 2.00 bits per heavy atom. The number of sulfone groups is 1. The van der Waals surface area contributed by atoms with Crippen LogP contribution in [0.4, 0.5) is 0 Å². The molecule has 1 aliphatic rings. The molecule has 1 saturated heterocycles. The number of amides is 1. The molecule has 7 nitrogen and oxygen atoms in total. The van der Waals surface area contributed by atoms with Crippen molar-refractivity contribution >= 4 is 21.8 Å². The van der Waals surface area contributed by atoms with Gasteiger partial charge >= 0.3 is 0 Å². The van der Waals surface area contributed by atoms with Crippen molar-refractivity contribution in [2.24, 2.45) is 0 Å². The van der Waals surface area contributed by atoms with Crippen molar-refractivity contribution in [1.29, 1.82) is 0 Å². The topological polar surface area (TPSA) is 85.4 Å². The molecule has 3 heterocycles. The quantitative estimate of drug-likeness (QED) is 0.550. The molecule has 4 rings (SSSR count). The molecular weight excluding hydrogens is 414 g/mol. The van der Waals surface area contributed by atoms with Crippen LogP contribution in [-0.2, 0) is 21.2 Å². The van der Waals surface area contributed by atoms with Crippen LogP contribution >= 0.6 is 0 Å². The minimum absolute atomic E-state index is 0.0166. The van der Waals surface area contributed by atoms with Gasteiger partial charge in [-0.25, -0.2) is 13.1 Å². The van der Waals surface area contributed by atoms with Gasteiger partial charge in [0.25, 0.3) is 0 Å². The molecule has 3 aromatic rings. The first kappa shape index (κ1) is 21.1. The third-order valence-corrected chi connectivity index (χ3v) is 7.33. The third kappa shape index (κ3) is 4.64.